The number of halogens is 4. The molecular formula is HAlCsF4K. The van der Waals surface area contributed by atoms with Crippen molar-refractivity contribution in [3.63, 3.8) is 0 Å². The Labute approximate surface area is 153 Å². The molecule has 0 saturated heterocycles. The molecule has 0 aliphatic rings. The van der Waals surface area contributed by atoms with Crippen molar-refractivity contribution in [1.29, 1.82) is 0 Å². The van der Waals surface area contributed by atoms with Crippen molar-refractivity contribution in [3.8, 4) is 0 Å². The van der Waals surface area contributed by atoms with E-state index in [0.29, 0.717) is 0 Å². The summed E-state index contributed by atoms with van der Waals surface area (Å²) >= 11 is 0. The normalized spacial score (nSPS) is 0. The average molecular weight is 276 g/mol. The fraction of sp³-hybridized carbons (Fsp3) is 0. The molecule has 0 radical (unpaired) electrons. The van der Waals surface area contributed by atoms with Crippen molar-refractivity contribution in [1.82, 2.24) is 0 Å². The molecule has 0 unspecified atom stereocenters. The Hall–Kier alpha value is 3.94. The van der Waals surface area contributed by atoms with E-state index in [1.807, 2.05) is 0 Å². The zero-order valence-electron chi connectivity index (χ0n) is 5.09. The predicted molar refractivity (Wildman–Crippen MR) is 6.87 cm³/mol. The first-order valence-corrected chi connectivity index (χ1v) is 0. The summed E-state index contributed by atoms with van der Waals surface area (Å²) in [6.45, 7) is 0. The molecule has 34 valence electrons. The third-order valence-corrected chi connectivity index (χ3v) is 0. The molecule has 0 nitrogen and oxygen atoms in total. The van der Waals surface area contributed by atoms with Crippen molar-refractivity contribution in [3.05, 3.63) is 0 Å². The Morgan fingerprint density at radius 3 is 0.714 bits per heavy atom. The fourth-order valence-corrected chi connectivity index (χ4v) is 0. The van der Waals surface area contributed by atoms with E-state index in [1.54, 1.807) is 0 Å². The summed E-state index contributed by atoms with van der Waals surface area (Å²) in [6, 6.07) is 0. The maximum absolute atomic E-state index is 0. The minimum absolute atomic E-state index is 0. The van der Waals surface area contributed by atoms with E-state index >= 15 is 0 Å². The van der Waals surface area contributed by atoms with Crippen molar-refractivity contribution in [2.24, 2.45) is 0 Å². The van der Waals surface area contributed by atoms with Gasteiger partial charge >= 0.3 is 138 Å². The van der Waals surface area contributed by atoms with E-state index in [2.05, 4.69) is 0 Å². The molecule has 0 aromatic heterocycles. The first kappa shape index (κ1) is 69.6. The molecular weight excluding hydrogens is 275 g/mol. The minimum atomic E-state index is 0. The van der Waals surface area contributed by atoms with Crippen LogP contribution in [-0.2, 0) is 0 Å². The van der Waals surface area contributed by atoms with Crippen molar-refractivity contribution < 1.29 is 141 Å². The van der Waals surface area contributed by atoms with Crippen molar-refractivity contribution in [2.45, 2.75) is 0 Å². The molecule has 0 spiro atoms. The molecule has 0 aliphatic heterocycles. The van der Waals surface area contributed by atoms with Crippen LogP contribution in [-0.4, -0.2) is 17.4 Å². The molecule has 0 amide bonds. The molecule has 0 rings (SSSR count). The standard InChI is InChI=1S/Al.Cs.4FH.K.H/h;;4*1H;;/q+3;+1;;;;;+1;-1/p-4. The van der Waals surface area contributed by atoms with Gasteiger partial charge in [-0.3, -0.25) is 0 Å². The molecule has 0 saturated carbocycles. The third kappa shape index (κ3) is 40.4. The zero-order valence-corrected chi connectivity index (χ0v) is 14.6. The number of hydrogen-bond acceptors (Lipinski definition) is 0. The molecule has 0 aromatic carbocycles. The van der Waals surface area contributed by atoms with E-state index in [0.717, 1.165) is 0 Å². The second kappa shape index (κ2) is 51.2. The Morgan fingerprint density at radius 2 is 0.714 bits per heavy atom. The largest absolute Gasteiger partial charge is 3.00 e. The van der Waals surface area contributed by atoms with Gasteiger partial charge in [-0.1, -0.05) is 0 Å². The van der Waals surface area contributed by atoms with Crippen molar-refractivity contribution >= 4 is 17.4 Å². The van der Waals surface area contributed by atoms with Gasteiger partial charge in [0.2, 0.25) is 0 Å². The first-order chi connectivity index (χ1) is 0. The first-order valence-electron chi connectivity index (χ1n) is 0. The summed E-state index contributed by atoms with van der Waals surface area (Å²) in [7, 11) is 0. The van der Waals surface area contributed by atoms with E-state index in [-0.39, 0.29) is 158 Å². The fourth-order valence-electron chi connectivity index (χ4n) is 0. The molecule has 0 aromatic rings. The van der Waals surface area contributed by atoms with Crippen LogP contribution in [0.3, 0.4) is 0 Å². The SMILES string of the molecule is [Al+3].[Cs+].[F-].[F-].[F-].[F-].[H-].[K+]. The van der Waals surface area contributed by atoms with Crippen LogP contribution in [0.2, 0.25) is 0 Å². The quantitative estimate of drug-likeness (QED) is 0.304. The summed E-state index contributed by atoms with van der Waals surface area (Å²) < 4.78 is 0. The maximum Gasteiger partial charge on any atom is 3.00 e. The van der Waals surface area contributed by atoms with Crippen LogP contribution in [0.5, 0.6) is 0 Å². The zero-order chi connectivity index (χ0) is 0. The van der Waals surface area contributed by atoms with Gasteiger partial charge < -0.3 is 20.2 Å². The molecule has 0 atom stereocenters. The smallest absolute Gasteiger partial charge is 1.00 e. The minimum Gasteiger partial charge on any atom is -1.00 e. The van der Waals surface area contributed by atoms with E-state index in [1.165, 1.54) is 0 Å². The van der Waals surface area contributed by atoms with Gasteiger partial charge in [-0.2, -0.15) is 0 Å². The van der Waals surface area contributed by atoms with Crippen LogP contribution < -0.4 is 139 Å². The summed E-state index contributed by atoms with van der Waals surface area (Å²) in [4.78, 5) is 0. The Morgan fingerprint density at radius 1 is 0.714 bits per heavy atom. The maximum atomic E-state index is 0. The summed E-state index contributed by atoms with van der Waals surface area (Å²) in [5, 5.41) is 0. The number of hydrogen-bond donors (Lipinski definition) is 0. The van der Waals surface area contributed by atoms with Crippen LogP contribution >= 0.6 is 0 Å². The van der Waals surface area contributed by atoms with Gasteiger partial charge in [0, 0.05) is 0 Å². The van der Waals surface area contributed by atoms with E-state index in [4.69, 9.17) is 0 Å². The predicted octanol–water partition coefficient (Wildman–Crippen LogP) is -18.2. The molecule has 0 heterocycles. The summed E-state index contributed by atoms with van der Waals surface area (Å²) in [6.07, 6.45) is 0. The van der Waals surface area contributed by atoms with Crippen LogP contribution in [0.25, 0.3) is 0 Å². The van der Waals surface area contributed by atoms with Gasteiger partial charge in [-0.05, 0) is 0 Å². The third-order valence-electron chi connectivity index (χ3n) is 0. The Balaban J connectivity index is 0. The number of rotatable bonds is 0. The van der Waals surface area contributed by atoms with Gasteiger partial charge in [0.1, 0.15) is 0 Å². The Kier molecular flexibility index (Phi) is 509. The van der Waals surface area contributed by atoms with Crippen LogP contribution in [0, 0.1) is 0 Å². The summed E-state index contributed by atoms with van der Waals surface area (Å²) in [5.41, 5.74) is 0. The topological polar surface area (TPSA) is 0 Å². The molecule has 0 N–H and O–H groups in total. The van der Waals surface area contributed by atoms with E-state index < -0.39 is 0 Å². The van der Waals surface area contributed by atoms with E-state index in [9.17, 15) is 0 Å². The molecule has 7 heteroatoms. The van der Waals surface area contributed by atoms with Gasteiger partial charge in [0.05, 0.1) is 0 Å². The molecule has 0 bridgehead atoms. The van der Waals surface area contributed by atoms with Gasteiger partial charge in [-0.25, -0.2) is 0 Å². The average Bonchev–Trinajstić information content (AvgIpc) is 0. The monoisotopic (exact) mass is 276 g/mol. The van der Waals surface area contributed by atoms with Gasteiger partial charge in [0.15, 0.2) is 0 Å². The second-order valence-electron chi connectivity index (χ2n) is 0. The van der Waals surface area contributed by atoms with Crippen LogP contribution in [0.1, 0.15) is 1.43 Å². The van der Waals surface area contributed by atoms with Crippen molar-refractivity contribution in [2.75, 3.05) is 0 Å². The molecule has 0 fully saturated rings. The van der Waals surface area contributed by atoms with Crippen LogP contribution in [0.4, 0.5) is 0 Å². The molecule has 7 heavy (non-hydrogen) atoms. The van der Waals surface area contributed by atoms with Gasteiger partial charge in [0.25, 0.3) is 0 Å². The second-order valence-corrected chi connectivity index (χ2v) is 0. The van der Waals surface area contributed by atoms with Crippen LogP contribution in [0.15, 0.2) is 0 Å². The Bertz CT molecular complexity index is 16.0. The molecule has 0 aliphatic carbocycles. The van der Waals surface area contributed by atoms with Gasteiger partial charge in [-0.15, -0.1) is 0 Å². The summed E-state index contributed by atoms with van der Waals surface area (Å²) in [5.74, 6) is 0.